The maximum atomic E-state index is 11.1. The Hall–Kier alpha value is -2.12. The Morgan fingerprint density at radius 1 is 1.32 bits per heavy atom. The molecule has 0 saturated carbocycles. The molecule has 0 saturated heterocycles. The van der Waals surface area contributed by atoms with E-state index < -0.39 is 18.0 Å². The molecule has 4 N–H and O–H groups in total. The van der Waals surface area contributed by atoms with Crippen LogP contribution in [0.2, 0.25) is 0 Å². The van der Waals surface area contributed by atoms with Crippen LogP contribution in [0.5, 0.6) is 0 Å². The SMILES string of the molecule is Cl.N[C@H](C[C@@H]1CC(C(=O)O)=NN1Cc1ccccc1)C(=O)O. The van der Waals surface area contributed by atoms with E-state index in [1.807, 2.05) is 30.3 Å². The molecule has 1 aliphatic rings. The van der Waals surface area contributed by atoms with E-state index in [-0.39, 0.29) is 37.0 Å². The molecule has 0 radical (unpaired) electrons. The fraction of sp³-hybridized carbons (Fsp3) is 0.357. The lowest BCUT2D eigenvalue weighted by Crippen LogP contribution is -2.38. The summed E-state index contributed by atoms with van der Waals surface area (Å²) in [6.07, 6.45) is 0.353. The van der Waals surface area contributed by atoms with Crippen molar-refractivity contribution in [2.24, 2.45) is 10.8 Å². The average Bonchev–Trinajstić information content (AvgIpc) is 2.83. The Labute approximate surface area is 133 Å². The highest BCUT2D eigenvalue weighted by Crippen LogP contribution is 2.22. The van der Waals surface area contributed by atoms with Gasteiger partial charge in [-0.05, 0) is 12.0 Å². The number of carboxylic acids is 2. The van der Waals surface area contributed by atoms with E-state index in [1.165, 1.54) is 0 Å². The fourth-order valence-electron chi connectivity index (χ4n) is 2.27. The quantitative estimate of drug-likeness (QED) is 0.715. The number of hydrazone groups is 1. The summed E-state index contributed by atoms with van der Waals surface area (Å²) in [5.74, 6) is -2.18. The number of benzene rings is 1. The summed E-state index contributed by atoms with van der Waals surface area (Å²) in [7, 11) is 0. The van der Waals surface area contributed by atoms with Crippen molar-refractivity contribution in [2.45, 2.75) is 31.5 Å². The third-order valence-corrected chi connectivity index (χ3v) is 3.38. The minimum atomic E-state index is -1.10. The van der Waals surface area contributed by atoms with Gasteiger partial charge in [0.05, 0.1) is 12.6 Å². The van der Waals surface area contributed by atoms with Gasteiger partial charge in [-0.2, -0.15) is 5.10 Å². The number of rotatable bonds is 6. The molecule has 8 heteroatoms. The van der Waals surface area contributed by atoms with Crippen molar-refractivity contribution in [1.82, 2.24) is 5.01 Å². The molecule has 0 fully saturated rings. The van der Waals surface area contributed by atoms with Crippen molar-refractivity contribution in [1.29, 1.82) is 0 Å². The van der Waals surface area contributed by atoms with Gasteiger partial charge in [0.15, 0.2) is 0 Å². The minimum absolute atomic E-state index is 0. The van der Waals surface area contributed by atoms with E-state index >= 15 is 0 Å². The Morgan fingerprint density at radius 3 is 2.50 bits per heavy atom. The number of halogens is 1. The molecule has 0 aliphatic carbocycles. The van der Waals surface area contributed by atoms with Crippen molar-refractivity contribution in [3.05, 3.63) is 35.9 Å². The molecule has 0 bridgehead atoms. The summed E-state index contributed by atoms with van der Waals surface area (Å²) in [6, 6.07) is 8.11. The zero-order valence-electron chi connectivity index (χ0n) is 11.8. The molecule has 120 valence electrons. The number of nitrogens with zero attached hydrogens (tertiary/aromatic N) is 2. The van der Waals surface area contributed by atoms with Gasteiger partial charge in [0.1, 0.15) is 11.8 Å². The first kappa shape index (κ1) is 17.9. The van der Waals surface area contributed by atoms with E-state index in [1.54, 1.807) is 5.01 Å². The molecule has 22 heavy (non-hydrogen) atoms. The van der Waals surface area contributed by atoms with Crippen LogP contribution >= 0.6 is 12.4 Å². The van der Waals surface area contributed by atoms with Gasteiger partial charge < -0.3 is 15.9 Å². The summed E-state index contributed by atoms with van der Waals surface area (Å²) in [6.45, 7) is 0.425. The molecular weight excluding hydrogens is 310 g/mol. The van der Waals surface area contributed by atoms with Crippen molar-refractivity contribution >= 4 is 30.1 Å². The molecule has 2 atom stereocenters. The van der Waals surface area contributed by atoms with Crippen LogP contribution in [-0.4, -0.2) is 45.0 Å². The van der Waals surface area contributed by atoms with Crippen LogP contribution in [0.15, 0.2) is 35.4 Å². The number of carbonyl (C=O) groups is 2. The molecule has 1 aromatic carbocycles. The van der Waals surface area contributed by atoms with Crippen molar-refractivity contribution < 1.29 is 19.8 Å². The molecule has 7 nitrogen and oxygen atoms in total. The first-order chi connectivity index (χ1) is 9.97. The zero-order valence-corrected chi connectivity index (χ0v) is 12.6. The van der Waals surface area contributed by atoms with Crippen LogP contribution in [0.25, 0.3) is 0 Å². The molecule has 0 aromatic heterocycles. The van der Waals surface area contributed by atoms with Crippen molar-refractivity contribution in [3.8, 4) is 0 Å². The lowest BCUT2D eigenvalue weighted by Gasteiger charge is -2.24. The second-order valence-electron chi connectivity index (χ2n) is 4.97. The summed E-state index contributed by atoms with van der Waals surface area (Å²) in [5.41, 5.74) is 6.56. The molecule has 0 spiro atoms. The normalized spacial score (nSPS) is 18.3. The standard InChI is InChI=1S/C14H17N3O4.ClH/c15-11(13(18)19)6-10-7-12(14(20)21)16-17(10)8-9-4-2-1-3-5-9;/h1-5,10-11H,6-8,15H2,(H,18,19)(H,20,21);1H/t10-,11-;/m1./s1. The minimum Gasteiger partial charge on any atom is -0.480 e. The van der Waals surface area contributed by atoms with E-state index in [2.05, 4.69) is 5.10 Å². The number of hydrogen-bond donors (Lipinski definition) is 3. The largest absolute Gasteiger partial charge is 0.480 e. The molecule has 0 amide bonds. The lowest BCUT2D eigenvalue weighted by molar-refractivity contribution is -0.139. The van der Waals surface area contributed by atoms with Crippen LogP contribution < -0.4 is 5.73 Å². The lowest BCUT2D eigenvalue weighted by atomic mass is 10.0. The van der Waals surface area contributed by atoms with Gasteiger partial charge >= 0.3 is 11.9 Å². The second kappa shape index (κ2) is 7.77. The smallest absolute Gasteiger partial charge is 0.352 e. The van der Waals surface area contributed by atoms with Crippen molar-refractivity contribution in [3.63, 3.8) is 0 Å². The molecule has 2 rings (SSSR count). The van der Waals surface area contributed by atoms with Gasteiger partial charge in [0.25, 0.3) is 0 Å². The second-order valence-corrected chi connectivity index (χ2v) is 4.97. The highest BCUT2D eigenvalue weighted by molar-refractivity contribution is 6.36. The third kappa shape index (κ3) is 4.44. The maximum absolute atomic E-state index is 11.1. The van der Waals surface area contributed by atoms with Gasteiger partial charge in [-0.15, -0.1) is 12.4 Å². The molecule has 0 unspecified atom stereocenters. The van der Waals surface area contributed by atoms with E-state index in [4.69, 9.17) is 15.9 Å². The summed E-state index contributed by atoms with van der Waals surface area (Å²) in [5, 5.41) is 23.6. The predicted octanol–water partition coefficient (Wildman–Crippen LogP) is 0.925. The van der Waals surface area contributed by atoms with E-state index in [9.17, 15) is 9.59 Å². The topological polar surface area (TPSA) is 116 Å². The van der Waals surface area contributed by atoms with Crippen LogP contribution in [0.4, 0.5) is 0 Å². The Balaban J connectivity index is 0.00000242. The number of aliphatic carboxylic acids is 2. The van der Waals surface area contributed by atoms with Gasteiger partial charge in [0, 0.05) is 6.42 Å². The Kier molecular flexibility index (Phi) is 6.33. The summed E-state index contributed by atoms with van der Waals surface area (Å²) < 4.78 is 0. The first-order valence-electron chi connectivity index (χ1n) is 6.57. The average molecular weight is 328 g/mol. The van der Waals surface area contributed by atoms with Gasteiger partial charge in [-0.1, -0.05) is 30.3 Å². The summed E-state index contributed by atoms with van der Waals surface area (Å²) in [4.78, 5) is 21.9. The Bertz CT molecular complexity index is 564. The molecule has 1 aromatic rings. The monoisotopic (exact) mass is 327 g/mol. The molecule has 1 heterocycles. The fourth-order valence-corrected chi connectivity index (χ4v) is 2.27. The summed E-state index contributed by atoms with van der Waals surface area (Å²) >= 11 is 0. The van der Waals surface area contributed by atoms with Gasteiger partial charge in [0.2, 0.25) is 0 Å². The van der Waals surface area contributed by atoms with Gasteiger partial charge in [-0.3, -0.25) is 9.80 Å². The van der Waals surface area contributed by atoms with E-state index in [0.29, 0.717) is 6.54 Å². The van der Waals surface area contributed by atoms with Crippen LogP contribution in [0.3, 0.4) is 0 Å². The Morgan fingerprint density at radius 2 is 1.95 bits per heavy atom. The number of nitrogens with two attached hydrogens (primary N) is 1. The van der Waals surface area contributed by atoms with Crippen molar-refractivity contribution in [2.75, 3.05) is 0 Å². The first-order valence-corrected chi connectivity index (χ1v) is 6.57. The van der Waals surface area contributed by atoms with Crippen LogP contribution in [0, 0.1) is 0 Å². The molecular formula is C14H18ClN3O4. The molecule has 1 aliphatic heterocycles. The number of hydrogen-bond acceptors (Lipinski definition) is 5. The highest BCUT2D eigenvalue weighted by atomic mass is 35.5. The van der Waals surface area contributed by atoms with E-state index in [0.717, 1.165) is 5.56 Å². The third-order valence-electron chi connectivity index (χ3n) is 3.38. The highest BCUT2D eigenvalue weighted by Gasteiger charge is 2.32. The van der Waals surface area contributed by atoms with Gasteiger partial charge in [-0.25, -0.2) is 4.79 Å². The van der Waals surface area contributed by atoms with Crippen LogP contribution in [0.1, 0.15) is 18.4 Å². The van der Waals surface area contributed by atoms with Crippen LogP contribution in [-0.2, 0) is 16.1 Å². The zero-order chi connectivity index (χ0) is 15.4. The number of carboxylic acid groups (broad SMARTS) is 2. The predicted molar refractivity (Wildman–Crippen MR) is 82.9 cm³/mol. The maximum Gasteiger partial charge on any atom is 0.352 e.